The highest BCUT2D eigenvalue weighted by molar-refractivity contribution is 9.10. The largest absolute Gasteiger partial charge is 0.243 e. The lowest BCUT2D eigenvalue weighted by molar-refractivity contribution is 0.462. The van der Waals surface area contributed by atoms with Crippen molar-refractivity contribution in [1.29, 1.82) is 0 Å². The number of sulfonamides is 1. The van der Waals surface area contributed by atoms with Crippen molar-refractivity contribution in [1.82, 2.24) is 4.31 Å². The summed E-state index contributed by atoms with van der Waals surface area (Å²) in [5.41, 5.74) is 0. The molecular formula is C12H15BrFNO2S. The molecule has 0 aliphatic heterocycles. The Bertz CT molecular complexity index is 531. The third-order valence-electron chi connectivity index (χ3n) is 2.46. The van der Waals surface area contributed by atoms with Gasteiger partial charge in [0, 0.05) is 18.1 Å². The number of unbranched alkanes of at least 4 members (excludes halogenated alkanes) is 1. The van der Waals surface area contributed by atoms with Crippen LogP contribution in [-0.2, 0) is 10.0 Å². The van der Waals surface area contributed by atoms with Crippen LogP contribution in [0.5, 0.6) is 0 Å². The Hall–Kier alpha value is -0.720. The number of rotatable bonds is 6. The molecule has 0 atom stereocenters. The first-order chi connectivity index (χ1) is 8.39. The average Bonchev–Trinajstić information content (AvgIpc) is 2.28. The Labute approximate surface area is 115 Å². The SMILES string of the molecule is C=CCCCN(C)S(=O)(=O)c1ccc(F)cc1Br. The first-order valence-corrected chi connectivity index (χ1v) is 7.65. The van der Waals surface area contributed by atoms with Gasteiger partial charge < -0.3 is 0 Å². The molecule has 0 amide bonds. The van der Waals surface area contributed by atoms with Crippen LogP contribution >= 0.6 is 15.9 Å². The van der Waals surface area contributed by atoms with E-state index in [0.29, 0.717) is 13.0 Å². The van der Waals surface area contributed by atoms with E-state index in [1.54, 1.807) is 6.08 Å². The van der Waals surface area contributed by atoms with Crippen molar-refractivity contribution in [2.75, 3.05) is 13.6 Å². The molecule has 0 aliphatic carbocycles. The highest BCUT2D eigenvalue weighted by atomic mass is 79.9. The standard InChI is InChI=1S/C12H15BrFNO2S/c1-3-4-5-8-15(2)18(16,17)12-7-6-10(14)9-11(12)13/h3,6-7,9H,1,4-5,8H2,2H3. The van der Waals surface area contributed by atoms with Gasteiger partial charge in [-0.15, -0.1) is 6.58 Å². The van der Waals surface area contributed by atoms with E-state index in [0.717, 1.165) is 18.6 Å². The maximum atomic E-state index is 12.9. The lowest BCUT2D eigenvalue weighted by atomic mass is 10.3. The van der Waals surface area contributed by atoms with Gasteiger partial charge in [0.1, 0.15) is 5.82 Å². The van der Waals surface area contributed by atoms with E-state index in [1.165, 1.54) is 17.4 Å². The molecule has 0 bridgehead atoms. The Morgan fingerprint density at radius 2 is 2.17 bits per heavy atom. The molecule has 0 N–H and O–H groups in total. The zero-order valence-electron chi connectivity index (χ0n) is 10.1. The van der Waals surface area contributed by atoms with Crippen molar-refractivity contribution in [3.63, 3.8) is 0 Å². The summed E-state index contributed by atoms with van der Waals surface area (Å²) in [6, 6.07) is 3.54. The van der Waals surface area contributed by atoms with Crippen molar-refractivity contribution in [3.8, 4) is 0 Å². The molecule has 6 heteroatoms. The molecule has 0 saturated carbocycles. The first kappa shape index (κ1) is 15.3. The number of hydrogen-bond donors (Lipinski definition) is 0. The number of hydrogen-bond acceptors (Lipinski definition) is 2. The molecule has 0 saturated heterocycles. The fourth-order valence-electron chi connectivity index (χ4n) is 1.43. The smallest absolute Gasteiger partial charge is 0.207 e. The summed E-state index contributed by atoms with van der Waals surface area (Å²) in [6.07, 6.45) is 3.21. The van der Waals surface area contributed by atoms with Gasteiger partial charge in [0.2, 0.25) is 10.0 Å². The maximum absolute atomic E-state index is 12.9. The lowest BCUT2D eigenvalue weighted by Gasteiger charge is -2.17. The molecule has 0 unspecified atom stereocenters. The van der Waals surface area contributed by atoms with Gasteiger partial charge in [0.15, 0.2) is 0 Å². The van der Waals surface area contributed by atoms with Gasteiger partial charge in [0.05, 0.1) is 4.90 Å². The number of nitrogens with zero attached hydrogens (tertiary/aromatic N) is 1. The van der Waals surface area contributed by atoms with Gasteiger partial charge in [-0.2, -0.15) is 0 Å². The Balaban J connectivity index is 2.94. The fraction of sp³-hybridized carbons (Fsp3) is 0.333. The van der Waals surface area contributed by atoms with E-state index in [2.05, 4.69) is 22.5 Å². The minimum absolute atomic E-state index is 0.0741. The van der Waals surface area contributed by atoms with Crippen molar-refractivity contribution in [2.24, 2.45) is 0 Å². The van der Waals surface area contributed by atoms with E-state index in [9.17, 15) is 12.8 Å². The fourth-order valence-corrected chi connectivity index (χ4v) is 3.65. The maximum Gasteiger partial charge on any atom is 0.243 e. The van der Waals surface area contributed by atoms with Gasteiger partial charge in [-0.1, -0.05) is 6.08 Å². The van der Waals surface area contributed by atoms with Crippen LogP contribution in [0.4, 0.5) is 4.39 Å². The molecular weight excluding hydrogens is 321 g/mol. The highest BCUT2D eigenvalue weighted by Crippen LogP contribution is 2.25. The molecule has 0 aromatic heterocycles. The van der Waals surface area contributed by atoms with Crippen LogP contribution in [0.2, 0.25) is 0 Å². The summed E-state index contributed by atoms with van der Waals surface area (Å²) in [6.45, 7) is 3.99. The average molecular weight is 336 g/mol. The topological polar surface area (TPSA) is 37.4 Å². The third kappa shape index (κ3) is 3.63. The van der Waals surface area contributed by atoms with E-state index >= 15 is 0 Å². The number of halogens is 2. The number of allylic oxidation sites excluding steroid dienone is 1. The van der Waals surface area contributed by atoms with Crippen LogP contribution in [0.25, 0.3) is 0 Å². The van der Waals surface area contributed by atoms with Crippen LogP contribution < -0.4 is 0 Å². The quantitative estimate of drug-likeness (QED) is 0.591. The number of benzene rings is 1. The zero-order chi connectivity index (χ0) is 13.8. The predicted octanol–water partition coefficient (Wildman–Crippen LogP) is 3.17. The molecule has 0 fully saturated rings. The monoisotopic (exact) mass is 335 g/mol. The van der Waals surface area contributed by atoms with E-state index in [4.69, 9.17) is 0 Å². The van der Waals surface area contributed by atoms with Crippen molar-refractivity contribution < 1.29 is 12.8 Å². The second-order valence-electron chi connectivity index (χ2n) is 3.83. The van der Waals surface area contributed by atoms with Gasteiger partial charge >= 0.3 is 0 Å². The summed E-state index contributed by atoms with van der Waals surface area (Å²) >= 11 is 3.07. The molecule has 3 nitrogen and oxygen atoms in total. The molecule has 0 radical (unpaired) electrons. The third-order valence-corrected chi connectivity index (χ3v) is 5.30. The van der Waals surface area contributed by atoms with Gasteiger partial charge in [-0.05, 0) is 47.0 Å². The van der Waals surface area contributed by atoms with Gasteiger partial charge in [-0.25, -0.2) is 17.1 Å². The summed E-state index contributed by atoms with van der Waals surface area (Å²) < 4.78 is 38.8. The normalized spacial score (nSPS) is 11.8. The highest BCUT2D eigenvalue weighted by Gasteiger charge is 2.22. The summed E-state index contributed by atoms with van der Waals surface area (Å²) in [5, 5.41) is 0. The molecule has 0 heterocycles. The van der Waals surface area contributed by atoms with Crippen molar-refractivity contribution >= 4 is 26.0 Å². The van der Waals surface area contributed by atoms with Crippen LogP contribution in [-0.4, -0.2) is 26.3 Å². The second-order valence-corrected chi connectivity index (χ2v) is 6.70. The minimum atomic E-state index is -3.58. The molecule has 18 heavy (non-hydrogen) atoms. The predicted molar refractivity (Wildman–Crippen MR) is 73.3 cm³/mol. The van der Waals surface area contributed by atoms with E-state index < -0.39 is 15.8 Å². The molecule has 0 spiro atoms. The van der Waals surface area contributed by atoms with Crippen molar-refractivity contribution in [3.05, 3.63) is 41.1 Å². The first-order valence-electron chi connectivity index (χ1n) is 5.42. The van der Waals surface area contributed by atoms with E-state index in [1.807, 2.05) is 0 Å². The molecule has 1 aromatic carbocycles. The lowest BCUT2D eigenvalue weighted by Crippen LogP contribution is -2.28. The summed E-state index contributed by atoms with van der Waals surface area (Å²) in [5.74, 6) is -0.477. The Morgan fingerprint density at radius 1 is 1.50 bits per heavy atom. The summed E-state index contributed by atoms with van der Waals surface area (Å²) in [7, 11) is -2.07. The van der Waals surface area contributed by atoms with Crippen LogP contribution in [0.1, 0.15) is 12.8 Å². The molecule has 0 aliphatic rings. The van der Waals surface area contributed by atoms with Gasteiger partial charge in [-0.3, -0.25) is 0 Å². The molecule has 100 valence electrons. The second kappa shape index (κ2) is 6.45. The zero-order valence-corrected chi connectivity index (χ0v) is 12.5. The van der Waals surface area contributed by atoms with Gasteiger partial charge in [0.25, 0.3) is 0 Å². The molecule has 1 aromatic rings. The Morgan fingerprint density at radius 3 is 2.72 bits per heavy atom. The van der Waals surface area contributed by atoms with E-state index in [-0.39, 0.29) is 9.37 Å². The van der Waals surface area contributed by atoms with Crippen molar-refractivity contribution in [2.45, 2.75) is 17.7 Å². The summed E-state index contributed by atoms with van der Waals surface area (Å²) in [4.78, 5) is 0.0741. The minimum Gasteiger partial charge on any atom is -0.207 e. The Kier molecular flexibility index (Phi) is 5.49. The van der Waals surface area contributed by atoms with Crippen LogP contribution in [0.15, 0.2) is 40.2 Å². The molecule has 1 rings (SSSR count). The van der Waals surface area contributed by atoms with Crippen LogP contribution in [0.3, 0.4) is 0 Å². The van der Waals surface area contributed by atoms with Crippen LogP contribution in [0, 0.1) is 5.82 Å².